The fraction of sp³-hybridized carbons (Fsp3) is 0.357. The van der Waals surface area contributed by atoms with Crippen molar-refractivity contribution in [3.05, 3.63) is 88.7 Å². The van der Waals surface area contributed by atoms with E-state index < -0.39 is 0 Å². The molecule has 0 radical (unpaired) electrons. The van der Waals surface area contributed by atoms with Crippen molar-refractivity contribution < 1.29 is 4.39 Å². The number of hydrogen-bond donors (Lipinski definition) is 1. The third-order valence-electron chi connectivity index (χ3n) is 7.46. The van der Waals surface area contributed by atoms with Gasteiger partial charge < -0.3 is 14.5 Å². The lowest BCUT2D eigenvalue weighted by Gasteiger charge is -2.32. The number of nitrogens with one attached hydrogen (secondary N) is 1. The van der Waals surface area contributed by atoms with Gasteiger partial charge in [0.05, 0.1) is 23.8 Å². The number of hydrogen-bond acceptors (Lipinski definition) is 5. The van der Waals surface area contributed by atoms with Crippen LogP contribution in [0.1, 0.15) is 30.7 Å². The van der Waals surface area contributed by atoms with Gasteiger partial charge in [-0.2, -0.15) is 0 Å². The van der Waals surface area contributed by atoms with Crippen LogP contribution in [0.2, 0.25) is 0 Å². The van der Waals surface area contributed by atoms with Gasteiger partial charge in [-0.1, -0.05) is 24.3 Å². The zero-order chi connectivity index (χ0) is 25.2. The standard InChI is InChI=1S/C28H30FN7O/c29-22-8-6-21(7-9-22)18-36-26(32-24-17-30-19-31-27(24)36)16-20-10-14-34(15-11-20)12-3-13-35-25-5-2-1-4-23(25)33-28(35)37/h1-2,4-9,17,19-20H,3,10-16,18H2,(H,33,37). The molecule has 0 unspecified atom stereocenters. The highest BCUT2D eigenvalue weighted by Crippen LogP contribution is 2.24. The molecule has 1 aliphatic rings. The Labute approximate surface area is 213 Å². The molecule has 1 aliphatic heterocycles. The Kier molecular flexibility index (Phi) is 6.53. The van der Waals surface area contributed by atoms with Crippen LogP contribution in [0.3, 0.4) is 0 Å². The van der Waals surface area contributed by atoms with Gasteiger partial charge in [0.2, 0.25) is 0 Å². The maximum absolute atomic E-state index is 13.4. The van der Waals surface area contributed by atoms with Gasteiger partial charge in [-0.3, -0.25) is 4.57 Å². The first-order valence-corrected chi connectivity index (χ1v) is 12.9. The number of aromatic amines is 1. The zero-order valence-corrected chi connectivity index (χ0v) is 20.7. The Hall–Kier alpha value is -3.85. The summed E-state index contributed by atoms with van der Waals surface area (Å²) in [5, 5.41) is 0. The van der Waals surface area contributed by atoms with Crippen LogP contribution < -0.4 is 5.69 Å². The highest BCUT2D eigenvalue weighted by Gasteiger charge is 2.22. The SMILES string of the molecule is O=c1[nH]c2ccccc2n1CCCN1CCC(Cc2nc3cncnc3n2Cc2ccc(F)cc2)CC1. The van der Waals surface area contributed by atoms with E-state index in [-0.39, 0.29) is 11.5 Å². The molecule has 0 amide bonds. The summed E-state index contributed by atoms with van der Waals surface area (Å²) < 4.78 is 17.4. The number of imidazole rings is 2. The molecule has 0 saturated carbocycles. The molecule has 37 heavy (non-hydrogen) atoms. The monoisotopic (exact) mass is 499 g/mol. The van der Waals surface area contributed by atoms with Crippen LogP contribution in [0.4, 0.5) is 4.39 Å². The first kappa shape index (κ1) is 23.5. The van der Waals surface area contributed by atoms with Gasteiger partial charge in [0.15, 0.2) is 5.65 Å². The third-order valence-corrected chi connectivity index (χ3v) is 7.46. The second-order valence-electron chi connectivity index (χ2n) is 9.91. The average Bonchev–Trinajstić information content (AvgIpc) is 3.42. The van der Waals surface area contributed by atoms with Crippen LogP contribution in [-0.2, 0) is 19.5 Å². The van der Waals surface area contributed by atoms with Crippen molar-refractivity contribution in [1.29, 1.82) is 0 Å². The first-order chi connectivity index (χ1) is 18.1. The number of H-pyrrole nitrogens is 1. The second-order valence-corrected chi connectivity index (χ2v) is 9.91. The van der Waals surface area contributed by atoms with E-state index in [9.17, 15) is 9.18 Å². The van der Waals surface area contributed by atoms with Crippen LogP contribution in [0.25, 0.3) is 22.2 Å². The predicted molar refractivity (Wildman–Crippen MR) is 141 cm³/mol. The summed E-state index contributed by atoms with van der Waals surface area (Å²) in [6.45, 7) is 4.40. The fourth-order valence-corrected chi connectivity index (χ4v) is 5.47. The number of halogens is 1. The van der Waals surface area contributed by atoms with E-state index in [0.29, 0.717) is 12.5 Å². The normalized spacial score (nSPS) is 15.2. The van der Waals surface area contributed by atoms with E-state index in [1.54, 1.807) is 12.5 Å². The van der Waals surface area contributed by atoms with E-state index in [4.69, 9.17) is 4.98 Å². The lowest BCUT2D eigenvalue weighted by molar-refractivity contribution is 0.178. The number of aryl methyl sites for hydroxylation is 1. The molecule has 0 atom stereocenters. The zero-order valence-electron chi connectivity index (χ0n) is 20.7. The van der Waals surface area contributed by atoms with Crippen molar-refractivity contribution in [2.75, 3.05) is 19.6 Å². The topological polar surface area (TPSA) is 84.6 Å². The van der Waals surface area contributed by atoms with Crippen molar-refractivity contribution in [1.82, 2.24) is 34.0 Å². The molecule has 0 bridgehead atoms. The van der Waals surface area contributed by atoms with E-state index in [1.807, 2.05) is 41.0 Å². The lowest BCUT2D eigenvalue weighted by Crippen LogP contribution is -2.36. The smallest absolute Gasteiger partial charge is 0.308 e. The summed E-state index contributed by atoms with van der Waals surface area (Å²) in [5.74, 6) is 1.32. The second kappa shape index (κ2) is 10.3. The number of likely N-dealkylation sites (tertiary alicyclic amines) is 1. The number of piperidine rings is 1. The Balaban J connectivity index is 1.07. The van der Waals surface area contributed by atoms with Gasteiger partial charge >= 0.3 is 5.69 Å². The van der Waals surface area contributed by atoms with Gasteiger partial charge in [-0.15, -0.1) is 0 Å². The average molecular weight is 500 g/mol. The van der Waals surface area contributed by atoms with Gasteiger partial charge in [0.1, 0.15) is 23.5 Å². The van der Waals surface area contributed by atoms with Crippen LogP contribution in [0, 0.1) is 11.7 Å². The van der Waals surface area contributed by atoms with E-state index in [2.05, 4.69) is 24.4 Å². The molecule has 3 aromatic heterocycles. The van der Waals surface area contributed by atoms with Crippen LogP contribution in [-0.4, -0.2) is 53.6 Å². The maximum atomic E-state index is 13.4. The fourth-order valence-electron chi connectivity index (χ4n) is 5.47. The van der Waals surface area contributed by atoms with Gasteiger partial charge in [-0.25, -0.2) is 24.1 Å². The predicted octanol–water partition coefficient (Wildman–Crippen LogP) is 4.00. The third kappa shape index (κ3) is 5.04. The van der Waals surface area contributed by atoms with Crippen LogP contribution in [0.5, 0.6) is 0 Å². The maximum Gasteiger partial charge on any atom is 0.326 e. The molecule has 1 saturated heterocycles. The molecule has 2 aromatic carbocycles. The Morgan fingerprint density at radius 1 is 1.00 bits per heavy atom. The number of rotatable bonds is 8. The lowest BCUT2D eigenvalue weighted by atomic mass is 9.93. The van der Waals surface area contributed by atoms with E-state index in [1.165, 1.54) is 12.1 Å². The van der Waals surface area contributed by atoms with Crippen LogP contribution in [0.15, 0.2) is 65.8 Å². The molecule has 1 fully saturated rings. The summed E-state index contributed by atoms with van der Waals surface area (Å²) in [6, 6.07) is 14.5. The minimum Gasteiger partial charge on any atom is -0.308 e. The van der Waals surface area contributed by atoms with Gasteiger partial charge in [-0.05, 0) is 74.6 Å². The molecule has 0 spiro atoms. The van der Waals surface area contributed by atoms with Crippen molar-refractivity contribution in [2.45, 2.75) is 38.8 Å². The minimum atomic E-state index is -0.234. The van der Waals surface area contributed by atoms with Gasteiger partial charge in [0, 0.05) is 13.0 Å². The summed E-state index contributed by atoms with van der Waals surface area (Å²) in [6.07, 6.45) is 7.36. The van der Waals surface area contributed by atoms with E-state index in [0.717, 1.165) is 85.4 Å². The Morgan fingerprint density at radius 3 is 2.65 bits per heavy atom. The number of para-hydroxylation sites is 2. The van der Waals surface area contributed by atoms with Crippen LogP contribution >= 0.6 is 0 Å². The molecule has 9 heteroatoms. The molecule has 4 heterocycles. The Morgan fingerprint density at radius 2 is 1.81 bits per heavy atom. The summed E-state index contributed by atoms with van der Waals surface area (Å²) in [4.78, 5) is 31.3. The van der Waals surface area contributed by atoms with Crippen molar-refractivity contribution in [3.63, 3.8) is 0 Å². The van der Waals surface area contributed by atoms with Crippen molar-refractivity contribution in [3.8, 4) is 0 Å². The molecule has 8 nitrogen and oxygen atoms in total. The molecule has 0 aliphatic carbocycles. The molecule has 1 N–H and O–H groups in total. The number of benzene rings is 2. The molecule has 190 valence electrons. The summed E-state index contributed by atoms with van der Waals surface area (Å²) >= 11 is 0. The largest absolute Gasteiger partial charge is 0.326 e. The highest BCUT2D eigenvalue weighted by molar-refractivity contribution is 5.74. The molecule has 6 rings (SSSR count). The van der Waals surface area contributed by atoms with Crippen molar-refractivity contribution >= 4 is 22.2 Å². The molecular weight excluding hydrogens is 469 g/mol. The van der Waals surface area contributed by atoms with Gasteiger partial charge in [0.25, 0.3) is 0 Å². The van der Waals surface area contributed by atoms with Crippen molar-refractivity contribution in [2.24, 2.45) is 5.92 Å². The highest BCUT2D eigenvalue weighted by atomic mass is 19.1. The number of aromatic nitrogens is 6. The quantitative estimate of drug-likeness (QED) is 0.349. The minimum absolute atomic E-state index is 0.0341. The molecule has 5 aromatic rings. The number of fused-ring (bicyclic) bond motifs is 2. The number of nitrogens with zero attached hydrogens (tertiary/aromatic N) is 6. The summed E-state index contributed by atoms with van der Waals surface area (Å²) in [7, 11) is 0. The van der Waals surface area contributed by atoms with E-state index >= 15 is 0 Å². The first-order valence-electron chi connectivity index (χ1n) is 12.9. The Bertz CT molecular complexity index is 1560. The molecular formula is C28H30FN7O. The summed E-state index contributed by atoms with van der Waals surface area (Å²) in [5.41, 5.74) is 4.46.